The molecule has 0 spiro atoms. The fourth-order valence-corrected chi connectivity index (χ4v) is 1.76. The molecule has 5 nitrogen and oxygen atoms in total. The maximum absolute atomic E-state index is 11.4. The Kier molecular flexibility index (Phi) is 2.60. The molecule has 0 fully saturated rings. The maximum Gasteiger partial charge on any atom is 0.319 e. The molecule has 16 heavy (non-hydrogen) atoms. The number of anilines is 1. The van der Waals surface area contributed by atoms with E-state index < -0.39 is 6.03 Å². The molecule has 2 amide bonds. The van der Waals surface area contributed by atoms with Crippen LogP contribution in [-0.4, -0.2) is 18.9 Å². The summed E-state index contributed by atoms with van der Waals surface area (Å²) in [6.07, 6.45) is 0. The molecule has 1 aromatic carbocycles. The number of rotatable bonds is 2. The molecular weight excluding hydrogens is 208 g/mol. The van der Waals surface area contributed by atoms with Crippen molar-refractivity contribution < 1.29 is 14.3 Å². The predicted molar refractivity (Wildman–Crippen MR) is 59.8 cm³/mol. The Hall–Kier alpha value is -1.91. The van der Waals surface area contributed by atoms with Gasteiger partial charge in [0.25, 0.3) is 0 Å². The lowest BCUT2D eigenvalue weighted by molar-refractivity contribution is 0.174. The van der Waals surface area contributed by atoms with E-state index in [0.717, 1.165) is 0 Å². The minimum absolute atomic E-state index is 0.0341. The highest BCUT2D eigenvalue weighted by Crippen LogP contribution is 2.41. The highest BCUT2D eigenvalue weighted by Gasteiger charge is 2.25. The van der Waals surface area contributed by atoms with Crippen molar-refractivity contribution in [3.05, 3.63) is 18.2 Å². The van der Waals surface area contributed by atoms with Gasteiger partial charge in [0, 0.05) is 6.04 Å². The first-order valence-corrected chi connectivity index (χ1v) is 5.08. The summed E-state index contributed by atoms with van der Waals surface area (Å²) in [7, 11) is 0. The number of ether oxygens (including phenoxy) is 2. The van der Waals surface area contributed by atoms with Gasteiger partial charge < -0.3 is 15.2 Å². The van der Waals surface area contributed by atoms with Crippen LogP contribution < -0.4 is 20.1 Å². The van der Waals surface area contributed by atoms with E-state index in [4.69, 9.17) is 15.2 Å². The van der Waals surface area contributed by atoms with Crippen molar-refractivity contribution in [2.24, 2.45) is 5.73 Å². The quantitative estimate of drug-likeness (QED) is 0.828. The van der Waals surface area contributed by atoms with Crippen molar-refractivity contribution in [1.29, 1.82) is 0 Å². The Labute approximate surface area is 93.7 Å². The van der Waals surface area contributed by atoms with Crippen LogP contribution in [0.3, 0.4) is 0 Å². The van der Waals surface area contributed by atoms with Gasteiger partial charge in [0.15, 0.2) is 11.5 Å². The van der Waals surface area contributed by atoms with Crippen LogP contribution in [0.4, 0.5) is 10.5 Å². The van der Waals surface area contributed by atoms with E-state index in [0.29, 0.717) is 17.2 Å². The van der Waals surface area contributed by atoms with E-state index in [1.54, 1.807) is 18.2 Å². The minimum atomic E-state index is -0.501. The third kappa shape index (κ3) is 1.64. The molecule has 1 aliphatic heterocycles. The Morgan fingerprint density at radius 3 is 2.81 bits per heavy atom. The van der Waals surface area contributed by atoms with Gasteiger partial charge in [-0.05, 0) is 26.0 Å². The van der Waals surface area contributed by atoms with Crippen molar-refractivity contribution in [2.45, 2.75) is 19.9 Å². The van der Waals surface area contributed by atoms with Gasteiger partial charge in [0.1, 0.15) is 0 Å². The van der Waals surface area contributed by atoms with Crippen molar-refractivity contribution in [1.82, 2.24) is 0 Å². The molecule has 86 valence electrons. The number of carbonyl (C=O) groups is 1. The smallest absolute Gasteiger partial charge is 0.319 e. The Morgan fingerprint density at radius 2 is 2.19 bits per heavy atom. The van der Waals surface area contributed by atoms with Gasteiger partial charge >= 0.3 is 6.03 Å². The average molecular weight is 222 g/mol. The largest absolute Gasteiger partial charge is 0.454 e. The van der Waals surface area contributed by atoms with Crippen LogP contribution in [0.15, 0.2) is 18.2 Å². The van der Waals surface area contributed by atoms with Gasteiger partial charge in [-0.3, -0.25) is 4.90 Å². The number of carbonyl (C=O) groups excluding carboxylic acids is 1. The maximum atomic E-state index is 11.4. The molecule has 5 heteroatoms. The first kappa shape index (κ1) is 10.6. The van der Waals surface area contributed by atoms with Crippen LogP contribution >= 0.6 is 0 Å². The summed E-state index contributed by atoms with van der Waals surface area (Å²) < 4.78 is 10.6. The minimum Gasteiger partial charge on any atom is -0.454 e. The van der Waals surface area contributed by atoms with E-state index in [1.807, 2.05) is 13.8 Å². The molecule has 2 rings (SSSR count). The highest BCUT2D eigenvalue weighted by atomic mass is 16.7. The van der Waals surface area contributed by atoms with Crippen LogP contribution in [-0.2, 0) is 0 Å². The van der Waals surface area contributed by atoms with Crippen molar-refractivity contribution in [3.63, 3.8) is 0 Å². The van der Waals surface area contributed by atoms with Gasteiger partial charge in [0.05, 0.1) is 5.69 Å². The zero-order chi connectivity index (χ0) is 11.7. The van der Waals surface area contributed by atoms with Crippen LogP contribution in [0.25, 0.3) is 0 Å². The second-order valence-electron chi connectivity index (χ2n) is 3.81. The predicted octanol–water partition coefficient (Wildman–Crippen LogP) is 1.71. The number of hydrogen-bond donors (Lipinski definition) is 1. The monoisotopic (exact) mass is 222 g/mol. The number of fused-ring (bicyclic) bond motifs is 1. The number of urea groups is 1. The summed E-state index contributed by atoms with van der Waals surface area (Å²) in [5.41, 5.74) is 6.00. The number of primary amides is 1. The molecule has 0 radical (unpaired) electrons. The second kappa shape index (κ2) is 3.92. The lowest BCUT2D eigenvalue weighted by Crippen LogP contribution is -2.41. The fourth-order valence-electron chi connectivity index (χ4n) is 1.76. The number of nitrogens with zero attached hydrogens (tertiary/aromatic N) is 1. The molecular formula is C11H14N2O3. The van der Waals surface area contributed by atoms with Crippen molar-refractivity contribution in [3.8, 4) is 11.5 Å². The highest BCUT2D eigenvalue weighted by molar-refractivity contribution is 5.93. The summed E-state index contributed by atoms with van der Waals surface area (Å²) in [6.45, 7) is 3.96. The number of benzene rings is 1. The van der Waals surface area contributed by atoms with E-state index in [1.165, 1.54) is 4.90 Å². The van der Waals surface area contributed by atoms with Crippen LogP contribution in [0.1, 0.15) is 13.8 Å². The molecule has 0 bridgehead atoms. The summed E-state index contributed by atoms with van der Waals surface area (Å²) >= 11 is 0. The second-order valence-corrected chi connectivity index (χ2v) is 3.81. The standard InChI is InChI=1S/C11H14N2O3/c1-7(2)13(11(12)14)8-4-3-5-9-10(8)16-6-15-9/h3-5,7H,6H2,1-2H3,(H2,12,14). The lowest BCUT2D eigenvalue weighted by atomic mass is 10.2. The normalized spacial score (nSPS) is 12.9. The molecule has 0 aromatic heterocycles. The summed E-state index contributed by atoms with van der Waals surface area (Å²) in [6, 6.07) is 4.86. The molecule has 0 saturated carbocycles. The number of hydrogen-bond acceptors (Lipinski definition) is 3. The van der Waals surface area contributed by atoms with E-state index in [9.17, 15) is 4.79 Å². The molecule has 0 aliphatic carbocycles. The van der Waals surface area contributed by atoms with Gasteiger partial charge in [0.2, 0.25) is 6.79 Å². The summed E-state index contributed by atoms with van der Waals surface area (Å²) in [5.74, 6) is 1.22. The van der Waals surface area contributed by atoms with Gasteiger partial charge in [-0.25, -0.2) is 4.79 Å². The third-order valence-electron chi connectivity index (χ3n) is 2.39. The van der Waals surface area contributed by atoms with Crippen molar-refractivity contribution in [2.75, 3.05) is 11.7 Å². The Morgan fingerprint density at radius 1 is 1.44 bits per heavy atom. The van der Waals surface area contributed by atoms with Gasteiger partial charge in [-0.1, -0.05) is 6.07 Å². The Bertz CT molecular complexity index is 418. The van der Waals surface area contributed by atoms with Crippen LogP contribution in [0.2, 0.25) is 0 Å². The molecule has 0 saturated heterocycles. The fraction of sp³-hybridized carbons (Fsp3) is 0.364. The molecule has 1 aromatic rings. The zero-order valence-electron chi connectivity index (χ0n) is 9.27. The SMILES string of the molecule is CC(C)N(C(N)=O)c1cccc2c1OCO2. The molecule has 0 atom stereocenters. The lowest BCUT2D eigenvalue weighted by Gasteiger charge is -2.25. The van der Waals surface area contributed by atoms with Gasteiger partial charge in [-0.15, -0.1) is 0 Å². The van der Waals surface area contributed by atoms with E-state index in [-0.39, 0.29) is 12.8 Å². The third-order valence-corrected chi connectivity index (χ3v) is 2.39. The van der Waals surface area contributed by atoms with E-state index in [2.05, 4.69) is 0 Å². The first-order chi connectivity index (χ1) is 7.61. The topological polar surface area (TPSA) is 64.8 Å². The number of amides is 2. The molecule has 1 heterocycles. The summed E-state index contributed by atoms with van der Waals surface area (Å²) in [4.78, 5) is 12.9. The molecule has 0 unspecified atom stereocenters. The van der Waals surface area contributed by atoms with Crippen LogP contribution in [0, 0.1) is 0 Å². The zero-order valence-corrected chi connectivity index (χ0v) is 9.27. The van der Waals surface area contributed by atoms with Crippen LogP contribution in [0.5, 0.6) is 11.5 Å². The average Bonchev–Trinajstić information content (AvgIpc) is 2.65. The number of para-hydroxylation sites is 1. The van der Waals surface area contributed by atoms with Crippen molar-refractivity contribution >= 4 is 11.7 Å². The summed E-state index contributed by atoms with van der Waals surface area (Å²) in [5, 5.41) is 0. The number of nitrogens with two attached hydrogens (primary N) is 1. The first-order valence-electron chi connectivity index (χ1n) is 5.08. The molecule has 2 N–H and O–H groups in total. The molecule has 1 aliphatic rings. The van der Waals surface area contributed by atoms with Gasteiger partial charge in [-0.2, -0.15) is 0 Å². The Balaban J connectivity index is 2.46. The van der Waals surface area contributed by atoms with E-state index >= 15 is 0 Å².